The quantitative estimate of drug-likeness (QED) is 0.438. The van der Waals surface area contributed by atoms with Crippen molar-refractivity contribution in [2.75, 3.05) is 0 Å². The van der Waals surface area contributed by atoms with Crippen LogP contribution in [0.4, 0.5) is 0 Å². The van der Waals surface area contributed by atoms with Gasteiger partial charge in [0, 0.05) is 0 Å². The van der Waals surface area contributed by atoms with Crippen molar-refractivity contribution in [2.24, 2.45) is 0 Å². The van der Waals surface area contributed by atoms with Crippen molar-refractivity contribution in [3.63, 3.8) is 0 Å². The molecule has 0 unspecified atom stereocenters. The summed E-state index contributed by atoms with van der Waals surface area (Å²) in [5.74, 6) is 0. The third-order valence-electron chi connectivity index (χ3n) is 0.609. The van der Waals surface area contributed by atoms with Gasteiger partial charge < -0.3 is 0 Å². The van der Waals surface area contributed by atoms with Gasteiger partial charge >= 0.3 is 51.9 Å². The van der Waals surface area contributed by atoms with Gasteiger partial charge in [0.25, 0.3) is 0 Å². The topological polar surface area (TPSA) is 0 Å². The van der Waals surface area contributed by atoms with Gasteiger partial charge in [-0.1, -0.05) is 0 Å². The predicted molar refractivity (Wildman–Crippen MR) is 42.0 cm³/mol. The van der Waals surface area contributed by atoms with Crippen LogP contribution < -0.4 is 0 Å². The molecule has 0 aliphatic rings. The van der Waals surface area contributed by atoms with Crippen molar-refractivity contribution >= 4 is 25.9 Å². The van der Waals surface area contributed by atoms with Crippen molar-refractivity contribution in [1.29, 1.82) is 0 Å². The summed E-state index contributed by atoms with van der Waals surface area (Å²) >= 11 is 0. The number of rotatable bonds is 2. The fraction of sp³-hybridized carbons (Fsp3) is 0.333. The van der Waals surface area contributed by atoms with Gasteiger partial charge in [0.2, 0.25) is 0 Å². The van der Waals surface area contributed by atoms with E-state index in [0.29, 0.717) is 0 Å². The Kier molecular flexibility index (Phi) is 3.42. The first-order valence-electron chi connectivity index (χ1n) is 2.49. The average Bonchev–Trinajstić information content (AvgIpc) is 1.61. The molecule has 0 aromatic rings. The normalized spacial score (nSPS) is 9.50. The Bertz CT molecular complexity index is 117. The molecule has 0 amide bonds. The first-order chi connectivity index (χ1) is 3.63. The van der Waals surface area contributed by atoms with Gasteiger partial charge in [-0.25, -0.2) is 0 Å². The van der Waals surface area contributed by atoms with Crippen molar-refractivity contribution in [1.82, 2.24) is 0 Å². The molecule has 2 heteroatoms. The minimum absolute atomic E-state index is 0.773. The van der Waals surface area contributed by atoms with Gasteiger partial charge in [0.15, 0.2) is 0 Å². The summed E-state index contributed by atoms with van der Waals surface area (Å²) in [6, 6.07) is 0. The molecule has 0 saturated heterocycles. The molecule has 0 spiro atoms. The SMILES string of the molecule is [B]=C(C)/C=C\C(=[B])C. The zero-order valence-electron chi connectivity index (χ0n) is 5.31. The summed E-state index contributed by atoms with van der Waals surface area (Å²) in [4.78, 5) is 0. The van der Waals surface area contributed by atoms with Gasteiger partial charge in [-0.05, 0) is 0 Å². The van der Waals surface area contributed by atoms with E-state index in [1.807, 2.05) is 13.8 Å². The molecule has 8 heavy (non-hydrogen) atoms. The molecule has 2 radical (unpaired) electrons. The predicted octanol–water partition coefficient (Wildman–Crippen LogP) is 0.264. The molecule has 0 N–H and O–H groups in total. The average molecular weight is 102 g/mol. The Labute approximate surface area is 52.8 Å². The first kappa shape index (κ1) is 7.61. The maximum atomic E-state index is 5.30. The van der Waals surface area contributed by atoms with E-state index < -0.39 is 0 Å². The van der Waals surface area contributed by atoms with E-state index in [1.165, 1.54) is 0 Å². The fourth-order valence-electron chi connectivity index (χ4n) is 0.263. The van der Waals surface area contributed by atoms with Crippen LogP contribution >= 0.6 is 0 Å². The van der Waals surface area contributed by atoms with Gasteiger partial charge in [-0.15, -0.1) is 0 Å². The summed E-state index contributed by atoms with van der Waals surface area (Å²) in [7, 11) is 10.6. The standard InChI is InChI=1S/C6H8B2/c1-5(7)3-4-6(2)8/h3-4H,1-2H3/b4-3-. The van der Waals surface area contributed by atoms with Gasteiger partial charge in [0.05, 0.1) is 0 Å². The maximum absolute atomic E-state index is 5.30. The monoisotopic (exact) mass is 102 g/mol. The number of hydrogen-bond acceptors (Lipinski definition) is 0. The van der Waals surface area contributed by atoms with E-state index in [1.54, 1.807) is 12.2 Å². The summed E-state index contributed by atoms with van der Waals surface area (Å²) in [5.41, 5.74) is 1.55. The second-order valence-corrected chi connectivity index (χ2v) is 1.82. The molecule has 38 valence electrons. The molecule has 0 aliphatic carbocycles. The van der Waals surface area contributed by atoms with Crippen LogP contribution in [0.15, 0.2) is 12.2 Å². The van der Waals surface area contributed by atoms with Crippen LogP contribution in [0.25, 0.3) is 0 Å². The zero-order valence-corrected chi connectivity index (χ0v) is 5.31. The molecule has 0 fully saturated rings. The number of hydrogen-bond donors (Lipinski definition) is 0. The van der Waals surface area contributed by atoms with Crippen LogP contribution in [0.1, 0.15) is 13.8 Å². The van der Waals surface area contributed by atoms with Crippen LogP contribution in [0.5, 0.6) is 0 Å². The third kappa shape index (κ3) is 5.61. The Balaban J connectivity index is 3.67. The van der Waals surface area contributed by atoms with Crippen molar-refractivity contribution in [3.8, 4) is 0 Å². The Hall–Kier alpha value is -0.390. The summed E-state index contributed by atoms with van der Waals surface area (Å²) in [6.45, 7) is 3.64. The van der Waals surface area contributed by atoms with Crippen LogP contribution in [-0.4, -0.2) is 25.9 Å². The van der Waals surface area contributed by atoms with E-state index in [-0.39, 0.29) is 0 Å². The molecule has 0 heterocycles. The van der Waals surface area contributed by atoms with E-state index in [9.17, 15) is 0 Å². The van der Waals surface area contributed by atoms with E-state index in [4.69, 9.17) is 15.0 Å². The van der Waals surface area contributed by atoms with E-state index in [2.05, 4.69) is 0 Å². The van der Waals surface area contributed by atoms with Gasteiger partial charge in [-0.2, -0.15) is 0 Å². The Morgan fingerprint density at radius 3 is 1.38 bits per heavy atom. The summed E-state index contributed by atoms with van der Waals surface area (Å²) in [5, 5.41) is 0. The molecule has 0 nitrogen and oxygen atoms in total. The first-order valence-corrected chi connectivity index (χ1v) is 2.49. The third-order valence-corrected chi connectivity index (χ3v) is 0.609. The van der Waals surface area contributed by atoms with Crippen LogP contribution in [0.2, 0.25) is 0 Å². The molecule has 0 aromatic carbocycles. The molecular formula is C6H8B2. The molecule has 0 saturated carbocycles. The van der Waals surface area contributed by atoms with Crippen LogP contribution in [0, 0.1) is 0 Å². The fourth-order valence-corrected chi connectivity index (χ4v) is 0.263. The van der Waals surface area contributed by atoms with Crippen molar-refractivity contribution < 1.29 is 0 Å². The molecular weight excluding hydrogens is 93.7 g/mol. The van der Waals surface area contributed by atoms with Gasteiger partial charge in [0.1, 0.15) is 0 Å². The second kappa shape index (κ2) is 3.59. The summed E-state index contributed by atoms with van der Waals surface area (Å²) < 4.78 is 0. The van der Waals surface area contributed by atoms with E-state index >= 15 is 0 Å². The minimum atomic E-state index is 0.773. The molecule has 0 aromatic heterocycles. The molecule has 0 atom stereocenters. The Morgan fingerprint density at radius 2 is 1.25 bits per heavy atom. The molecule has 0 rings (SSSR count). The van der Waals surface area contributed by atoms with Crippen molar-refractivity contribution in [2.45, 2.75) is 13.8 Å². The van der Waals surface area contributed by atoms with Crippen LogP contribution in [0.3, 0.4) is 0 Å². The van der Waals surface area contributed by atoms with Gasteiger partial charge in [-0.3, -0.25) is 0 Å². The zero-order chi connectivity index (χ0) is 6.57. The van der Waals surface area contributed by atoms with Crippen molar-refractivity contribution in [3.05, 3.63) is 12.2 Å². The number of allylic oxidation sites excluding steroid dienone is 2. The van der Waals surface area contributed by atoms with Crippen LogP contribution in [-0.2, 0) is 0 Å². The molecule has 0 aliphatic heterocycles. The second-order valence-electron chi connectivity index (χ2n) is 1.82. The Morgan fingerprint density at radius 1 is 1.00 bits per heavy atom. The molecule has 0 bridgehead atoms. The summed E-state index contributed by atoms with van der Waals surface area (Å²) in [6.07, 6.45) is 3.55. The van der Waals surface area contributed by atoms with E-state index in [0.717, 1.165) is 10.9 Å².